The third-order valence-electron chi connectivity index (χ3n) is 6.09. The van der Waals surface area contributed by atoms with Crippen LogP contribution in [0.1, 0.15) is 53.9 Å². The summed E-state index contributed by atoms with van der Waals surface area (Å²) in [6.07, 6.45) is 4.39. The molecule has 0 spiro atoms. The largest absolute Gasteiger partial charge is 0.0622 e. The van der Waals surface area contributed by atoms with E-state index in [1.165, 1.54) is 19.3 Å². The fraction of sp³-hybridized carbons (Fsp3) is 1.00. The molecule has 76 valence electrons. The second-order valence-corrected chi connectivity index (χ2v) is 6.24. The predicted octanol–water partition coefficient (Wildman–Crippen LogP) is 4.10. The molecule has 0 aromatic heterocycles. The third-order valence-corrected chi connectivity index (χ3v) is 6.09. The third kappa shape index (κ3) is 0.926. The predicted molar refractivity (Wildman–Crippen MR) is 57.6 cm³/mol. The Morgan fingerprint density at radius 3 is 2.15 bits per heavy atom. The molecule has 0 N–H and O–H groups in total. The minimum atomic E-state index is 0.645. The van der Waals surface area contributed by atoms with E-state index in [2.05, 4.69) is 34.6 Å². The summed E-state index contributed by atoms with van der Waals surface area (Å²) in [7, 11) is 0. The molecular formula is C13H24. The summed E-state index contributed by atoms with van der Waals surface area (Å²) < 4.78 is 0. The average molecular weight is 180 g/mol. The topological polar surface area (TPSA) is 0 Å². The summed E-state index contributed by atoms with van der Waals surface area (Å²) in [4.78, 5) is 0. The molecule has 0 saturated heterocycles. The van der Waals surface area contributed by atoms with Crippen LogP contribution in [0.15, 0.2) is 0 Å². The summed E-state index contributed by atoms with van der Waals surface area (Å²) in [6, 6.07) is 0. The van der Waals surface area contributed by atoms with Crippen LogP contribution in [-0.4, -0.2) is 0 Å². The monoisotopic (exact) mass is 180 g/mol. The van der Waals surface area contributed by atoms with Crippen LogP contribution in [0.3, 0.4) is 0 Å². The van der Waals surface area contributed by atoms with Gasteiger partial charge in [-0.3, -0.25) is 0 Å². The fourth-order valence-electron chi connectivity index (χ4n) is 4.34. The summed E-state index contributed by atoms with van der Waals surface area (Å²) in [5.41, 5.74) is 1.29. The second kappa shape index (κ2) is 2.52. The van der Waals surface area contributed by atoms with E-state index in [-0.39, 0.29) is 0 Å². The minimum absolute atomic E-state index is 0.645. The van der Waals surface area contributed by atoms with Crippen LogP contribution in [-0.2, 0) is 0 Å². The van der Waals surface area contributed by atoms with Crippen LogP contribution in [0.5, 0.6) is 0 Å². The van der Waals surface area contributed by atoms with Gasteiger partial charge in [-0.1, -0.05) is 34.6 Å². The van der Waals surface area contributed by atoms with Crippen molar-refractivity contribution in [3.8, 4) is 0 Å². The molecule has 0 aromatic rings. The van der Waals surface area contributed by atoms with Gasteiger partial charge in [0.05, 0.1) is 0 Å². The highest BCUT2D eigenvalue weighted by molar-refractivity contribution is 5.09. The lowest BCUT2D eigenvalue weighted by atomic mass is 9.65. The first-order chi connectivity index (χ1) is 5.92. The van der Waals surface area contributed by atoms with Gasteiger partial charge in [-0.15, -0.1) is 0 Å². The molecular weight excluding hydrogens is 156 g/mol. The molecule has 0 radical (unpaired) electrons. The zero-order valence-corrected chi connectivity index (χ0v) is 9.85. The van der Waals surface area contributed by atoms with Crippen LogP contribution in [0, 0.1) is 28.6 Å². The Labute approximate surface area is 83.1 Å². The molecule has 0 aliphatic heterocycles. The first kappa shape index (κ1) is 9.55. The van der Waals surface area contributed by atoms with Crippen LogP contribution in [0.4, 0.5) is 0 Å². The van der Waals surface area contributed by atoms with Crippen molar-refractivity contribution in [1.29, 1.82) is 0 Å². The maximum Gasteiger partial charge on any atom is -0.0241 e. The smallest absolute Gasteiger partial charge is 0.0241 e. The zero-order chi connectivity index (χ0) is 9.85. The fourth-order valence-corrected chi connectivity index (χ4v) is 4.34. The lowest BCUT2D eigenvalue weighted by molar-refractivity contribution is 0.0833. The zero-order valence-electron chi connectivity index (χ0n) is 9.85. The highest BCUT2D eigenvalue weighted by Crippen LogP contribution is 2.68. The van der Waals surface area contributed by atoms with Crippen molar-refractivity contribution in [1.82, 2.24) is 0 Å². The van der Waals surface area contributed by atoms with E-state index in [1.807, 2.05) is 0 Å². The number of fused-ring (bicyclic) bond motifs is 1. The number of hydrogen-bond donors (Lipinski definition) is 0. The Hall–Kier alpha value is 0. The van der Waals surface area contributed by atoms with Crippen LogP contribution in [0.2, 0.25) is 0 Å². The molecule has 2 aliphatic rings. The minimum Gasteiger partial charge on any atom is -0.0622 e. The Morgan fingerprint density at radius 1 is 1.00 bits per heavy atom. The molecule has 5 unspecified atom stereocenters. The van der Waals surface area contributed by atoms with Crippen molar-refractivity contribution in [2.45, 2.75) is 53.9 Å². The number of hydrogen-bond acceptors (Lipinski definition) is 0. The average Bonchev–Trinajstić information content (AvgIpc) is 2.38. The van der Waals surface area contributed by atoms with E-state index in [0.717, 1.165) is 17.8 Å². The molecule has 2 saturated carbocycles. The molecule has 0 bridgehead atoms. The standard InChI is InChI=1S/C13H24/c1-9-8-13(5)10(2)6-7-12(13,4)11(9)3/h9-11H,6-8H2,1-5H3. The molecule has 2 rings (SSSR count). The van der Waals surface area contributed by atoms with Crippen molar-refractivity contribution >= 4 is 0 Å². The Kier molecular flexibility index (Phi) is 1.85. The van der Waals surface area contributed by atoms with Crippen molar-refractivity contribution < 1.29 is 0 Å². The van der Waals surface area contributed by atoms with Crippen LogP contribution < -0.4 is 0 Å². The first-order valence-corrected chi connectivity index (χ1v) is 5.92. The Bertz CT molecular complexity index is 218. The van der Waals surface area contributed by atoms with Gasteiger partial charge in [0, 0.05) is 0 Å². The molecule has 13 heavy (non-hydrogen) atoms. The molecule has 0 heterocycles. The quantitative estimate of drug-likeness (QED) is 0.526. The summed E-state index contributed by atoms with van der Waals surface area (Å²) in [5, 5.41) is 0. The molecule has 5 atom stereocenters. The van der Waals surface area contributed by atoms with Gasteiger partial charge in [-0.25, -0.2) is 0 Å². The van der Waals surface area contributed by atoms with Crippen molar-refractivity contribution in [2.75, 3.05) is 0 Å². The molecule has 0 nitrogen and oxygen atoms in total. The van der Waals surface area contributed by atoms with Gasteiger partial charge in [0.15, 0.2) is 0 Å². The van der Waals surface area contributed by atoms with E-state index in [1.54, 1.807) is 0 Å². The van der Waals surface area contributed by atoms with Crippen LogP contribution in [0.25, 0.3) is 0 Å². The van der Waals surface area contributed by atoms with Gasteiger partial charge < -0.3 is 0 Å². The highest BCUT2D eigenvalue weighted by atomic mass is 14.6. The van der Waals surface area contributed by atoms with Gasteiger partial charge in [-0.2, -0.15) is 0 Å². The molecule has 0 heteroatoms. The molecule has 0 amide bonds. The van der Waals surface area contributed by atoms with E-state index in [0.29, 0.717) is 10.8 Å². The van der Waals surface area contributed by atoms with E-state index >= 15 is 0 Å². The van der Waals surface area contributed by atoms with Gasteiger partial charge in [0.25, 0.3) is 0 Å². The maximum atomic E-state index is 2.55. The van der Waals surface area contributed by atoms with E-state index < -0.39 is 0 Å². The summed E-state index contributed by atoms with van der Waals surface area (Å²) in [5.74, 6) is 2.82. The Balaban J connectivity index is 2.39. The normalized spacial score (nSPS) is 61.2. The van der Waals surface area contributed by atoms with E-state index in [4.69, 9.17) is 0 Å². The first-order valence-electron chi connectivity index (χ1n) is 5.92. The van der Waals surface area contributed by atoms with Crippen LogP contribution >= 0.6 is 0 Å². The molecule has 2 fully saturated rings. The maximum absolute atomic E-state index is 2.55. The summed E-state index contributed by atoms with van der Waals surface area (Å²) >= 11 is 0. The lowest BCUT2D eigenvalue weighted by Crippen LogP contribution is -2.33. The van der Waals surface area contributed by atoms with E-state index in [9.17, 15) is 0 Å². The summed E-state index contributed by atoms with van der Waals surface area (Å²) in [6.45, 7) is 12.5. The van der Waals surface area contributed by atoms with Gasteiger partial charge in [0.2, 0.25) is 0 Å². The molecule has 0 aromatic carbocycles. The van der Waals surface area contributed by atoms with Gasteiger partial charge in [0.1, 0.15) is 0 Å². The van der Waals surface area contributed by atoms with Crippen molar-refractivity contribution in [2.24, 2.45) is 28.6 Å². The lowest BCUT2D eigenvalue weighted by Gasteiger charge is -2.40. The van der Waals surface area contributed by atoms with Gasteiger partial charge >= 0.3 is 0 Å². The number of rotatable bonds is 0. The van der Waals surface area contributed by atoms with Crippen molar-refractivity contribution in [3.05, 3.63) is 0 Å². The second-order valence-electron chi connectivity index (χ2n) is 6.24. The Morgan fingerprint density at radius 2 is 1.62 bits per heavy atom. The van der Waals surface area contributed by atoms with Gasteiger partial charge in [-0.05, 0) is 47.8 Å². The molecule has 2 aliphatic carbocycles. The SMILES string of the molecule is CC1CC2(C)C(C)CCC2(C)C1C. The highest BCUT2D eigenvalue weighted by Gasteiger charge is 2.60. The van der Waals surface area contributed by atoms with Crippen molar-refractivity contribution in [3.63, 3.8) is 0 Å².